The van der Waals surface area contributed by atoms with Crippen molar-refractivity contribution in [3.8, 4) is 0 Å². The summed E-state index contributed by atoms with van der Waals surface area (Å²) < 4.78 is 1.83. The second-order valence-electron chi connectivity index (χ2n) is 7.17. The van der Waals surface area contributed by atoms with Gasteiger partial charge in [-0.3, -0.25) is 14.3 Å². The number of fused-ring (bicyclic) bond motifs is 1. The second-order valence-corrected chi connectivity index (χ2v) is 7.17. The highest BCUT2D eigenvalue weighted by Crippen LogP contribution is 2.34. The molecule has 1 aromatic heterocycles. The predicted molar refractivity (Wildman–Crippen MR) is 92.3 cm³/mol. The van der Waals surface area contributed by atoms with E-state index in [1.54, 1.807) is 11.9 Å². The van der Waals surface area contributed by atoms with Crippen LogP contribution in [0.25, 0.3) is 10.9 Å². The molecule has 128 valence electrons. The minimum absolute atomic E-state index is 0.0130. The summed E-state index contributed by atoms with van der Waals surface area (Å²) in [5.41, 5.74) is 2.58. The van der Waals surface area contributed by atoms with Crippen molar-refractivity contribution in [3.05, 3.63) is 29.5 Å². The van der Waals surface area contributed by atoms with Crippen LogP contribution >= 0.6 is 0 Å². The quantitative estimate of drug-likeness (QED) is 0.933. The lowest BCUT2D eigenvalue weighted by Gasteiger charge is -2.32. The molecule has 1 fully saturated rings. The second kappa shape index (κ2) is 5.61. The fourth-order valence-electron chi connectivity index (χ4n) is 3.41. The molecule has 0 unspecified atom stereocenters. The van der Waals surface area contributed by atoms with Crippen LogP contribution in [0.5, 0.6) is 0 Å². The van der Waals surface area contributed by atoms with Gasteiger partial charge in [0.1, 0.15) is 0 Å². The number of carbonyl (C=O) groups is 2. The van der Waals surface area contributed by atoms with Crippen LogP contribution in [0, 0.1) is 12.8 Å². The van der Waals surface area contributed by atoms with Crippen LogP contribution in [0.15, 0.2) is 18.2 Å². The molecule has 1 atom stereocenters. The molecule has 0 aliphatic carbocycles. The van der Waals surface area contributed by atoms with Crippen molar-refractivity contribution in [2.45, 2.75) is 39.3 Å². The molecule has 0 saturated carbocycles. The van der Waals surface area contributed by atoms with E-state index in [2.05, 4.69) is 22.5 Å². The third-order valence-corrected chi connectivity index (χ3v) is 5.30. The maximum Gasteiger partial charge on any atom is 0.226 e. The molecular weight excluding hydrogens is 304 g/mol. The first-order valence-corrected chi connectivity index (χ1v) is 8.18. The number of aryl methyl sites for hydroxylation is 2. The fourth-order valence-corrected chi connectivity index (χ4v) is 3.41. The first-order valence-electron chi connectivity index (χ1n) is 8.18. The van der Waals surface area contributed by atoms with Crippen molar-refractivity contribution in [1.29, 1.82) is 0 Å². The summed E-state index contributed by atoms with van der Waals surface area (Å²) >= 11 is 0. The van der Waals surface area contributed by atoms with Gasteiger partial charge in [0.15, 0.2) is 0 Å². The van der Waals surface area contributed by atoms with E-state index in [0.29, 0.717) is 6.54 Å². The van der Waals surface area contributed by atoms with Crippen LogP contribution in [0.1, 0.15) is 31.5 Å². The number of hydrogen-bond donors (Lipinski definition) is 1. The molecule has 1 aliphatic rings. The van der Waals surface area contributed by atoms with Crippen LogP contribution in [0.3, 0.4) is 0 Å². The summed E-state index contributed by atoms with van der Waals surface area (Å²) in [7, 11) is 3.65. The van der Waals surface area contributed by atoms with Crippen molar-refractivity contribution in [2.75, 3.05) is 7.05 Å². The lowest BCUT2D eigenvalue weighted by molar-refractivity contribution is -0.128. The van der Waals surface area contributed by atoms with Crippen LogP contribution in [-0.4, -0.2) is 39.1 Å². The molecule has 24 heavy (non-hydrogen) atoms. The molecule has 1 saturated heterocycles. The smallest absolute Gasteiger partial charge is 0.226 e. The summed E-state index contributed by atoms with van der Waals surface area (Å²) in [5.74, 6) is -0.421. The lowest BCUT2D eigenvalue weighted by atomic mass is 9.88. The molecule has 2 amide bonds. The van der Waals surface area contributed by atoms with E-state index in [1.165, 1.54) is 0 Å². The van der Waals surface area contributed by atoms with Gasteiger partial charge in [0, 0.05) is 31.4 Å². The largest absolute Gasteiger partial charge is 0.350 e. The number of nitrogens with one attached hydrogen (secondary N) is 1. The van der Waals surface area contributed by atoms with Gasteiger partial charge in [0.2, 0.25) is 11.8 Å². The van der Waals surface area contributed by atoms with Gasteiger partial charge in [0.25, 0.3) is 0 Å². The molecule has 2 aromatic rings. The van der Waals surface area contributed by atoms with Crippen molar-refractivity contribution < 1.29 is 9.59 Å². The Morgan fingerprint density at radius 1 is 1.38 bits per heavy atom. The van der Waals surface area contributed by atoms with Gasteiger partial charge in [-0.25, -0.2) is 0 Å². The minimum atomic E-state index is -0.468. The SMILES string of the molecule is Cc1ccc2c(c1)c(CNC(=O)[C@H]1CC(=O)N(C)C1(C)C)nn2C. The average Bonchev–Trinajstić information content (AvgIpc) is 2.94. The molecule has 2 heterocycles. The van der Waals surface area contributed by atoms with Gasteiger partial charge >= 0.3 is 0 Å². The van der Waals surface area contributed by atoms with E-state index in [0.717, 1.165) is 22.2 Å². The van der Waals surface area contributed by atoms with Crippen LogP contribution in [0.2, 0.25) is 0 Å². The Balaban J connectivity index is 1.78. The molecule has 0 spiro atoms. The number of rotatable bonds is 3. The zero-order chi connectivity index (χ0) is 17.6. The Morgan fingerprint density at radius 2 is 2.08 bits per heavy atom. The normalized spacial score (nSPS) is 20.0. The Morgan fingerprint density at radius 3 is 2.71 bits per heavy atom. The fraction of sp³-hybridized carbons (Fsp3) is 0.500. The standard InChI is InChI=1S/C18H24N4O2/c1-11-6-7-15-12(8-11)14(20-22(15)5)10-19-17(24)13-9-16(23)21(4)18(13,2)3/h6-8,13H,9-10H2,1-5H3,(H,19,24)/t13-/m1/s1. The van der Waals surface area contributed by atoms with Crippen molar-refractivity contribution in [1.82, 2.24) is 20.0 Å². The maximum atomic E-state index is 12.6. The molecule has 1 N–H and O–H groups in total. The number of amides is 2. The Bertz CT molecular complexity index is 822. The third-order valence-electron chi connectivity index (χ3n) is 5.30. The molecule has 6 heteroatoms. The highest BCUT2D eigenvalue weighted by molar-refractivity contribution is 5.91. The number of hydrogen-bond acceptors (Lipinski definition) is 3. The highest BCUT2D eigenvalue weighted by Gasteiger charge is 2.47. The van der Waals surface area contributed by atoms with E-state index >= 15 is 0 Å². The number of likely N-dealkylation sites (tertiary alicyclic amines) is 1. The molecule has 3 rings (SSSR count). The Labute approximate surface area is 141 Å². The highest BCUT2D eigenvalue weighted by atomic mass is 16.2. The molecule has 1 aliphatic heterocycles. The van der Waals surface area contributed by atoms with Crippen molar-refractivity contribution in [3.63, 3.8) is 0 Å². The van der Waals surface area contributed by atoms with Crippen LogP contribution in [-0.2, 0) is 23.2 Å². The topological polar surface area (TPSA) is 67.2 Å². The molecular formula is C18H24N4O2. The van der Waals surface area contributed by atoms with Crippen LogP contribution < -0.4 is 5.32 Å². The first kappa shape index (κ1) is 16.5. The summed E-state index contributed by atoms with van der Waals surface area (Å²) in [4.78, 5) is 26.2. The number of benzene rings is 1. The molecule has 0 bridgehead atoms. The summed E-state index contributed by atoms with van der Waals surface area (Å²) in [6.07, 6.45) is 0.261. The first-order chi connectivity index (χ1) is 11.2. The van der Waals surface area contributed by atoms with E-state index in [-0.39, 0.29) is 24.2 Å². The number of nitrogens with zero attached hydrogens (tertiary/aromatic N) is 3. The minimum Gasteiger partial charge on any atom is -0.350 e. The van der Waals surface area contributed by atoms with Gasteiger partial charge in [-0.15, -0.1) is 0 Å². The van der Waals surface area contributed by atoms with Crippen LogP contribution in [0.4, 0.5) is 0 Å². The number of aromatic nitrogens is 2. The third kappa shape index (κ3) is 2.56. The van der Waals surface area contributed by atoms with Gasteiger partial charge in [-0.1, -0.05) is 11.6 Å². The maximum absolute atomic E-state index is 12.6. The van der Waals surface area contributed by atoms with Crippen molar-refractivity contribution >= 4 is 22.7 Å². The van der Waals surface area contributed by atoms with E-state index in [4.69, 9.17) is 0 Å². The average molecular weight is 328 g/mol. The number of carbonyl (C=O) groups excluding carboxylic acids is 2. The summed E-state index contributed by atoms with van der Waals surface area (Å²) in [6.45, 7) is 6.27. The van der Waals surface area contributed by atoms with Gasteiger partial charge in [-0.05, 0) is 32.9 Å². The van der Waals surface area contributed by atoms with Gasteiger partial charge < -0.3 is 10.2 Å². The molecule has 1 aromatic carbocycles. The molecule has 6 nitrogen and oxygen atoms in total. The zero-order valence-corrected chi connectivity index (χ0v) is 14.9. The molecule has 0 radical (unpaired) electrons. The Kier molecular flexibility index (Phi) is 3.86. The van der Waals surface area contributed by atoms with E-state index in [9.17, 15) is 9.59 Å². The van der Waals surface area contributed by atoms with Gasteiger partial charge in [0.05, 0.1) is 23.7 Å². The monoisotopic (exact) mass is 328 g/mol. The van der Waals surface area contributed by atoms with Gasteiger partial charge in [-0.2, -0.15) is 5.10 Å². The lowest BCUT2D eigenvalue weighted by Crippen LogP contribution is -2.46. The van der Waals surface area contributed by atoms with Crippen molar-refractivity contribution in [2.24, 2.45) is 13.0 Å². The van der Waals surface area contributed by atoms with E-state index in [1.807, 2.05) is 38.6 Å². The van der Waals surface area contributed by atoms with E-state index < -0.39 is 5.54 Å². The summed E-state index contributed by atoms with van der Waals surface area (Å²) in [6, 6.07) is 6.17. The summed E-state index contributed by atoms with van der Waals surface area (Å²) in [5, 5.41) is 8.54. The Hall–Kier alpha value is -2.37. The zero-order valence-electron chi connectivity index (χ0n) is 14.9. The predicted octanol–water partition coefficient (Wildman–Crippen LogP) is 1.75.